The number of hydrogen-bond acceptors (Lipinski definition) is 10. The van der Waals surface area contributed by atoms with Gasteiger partial charge >= 0.3 is 29.2 Å². The van der Waals surface area contributed by atoms with Crippen molar-refractivity contribution < 1.29 is 60.6 Å². The van der Waals surface area contributed by atoms with E-state index < -0.39 is 60.2 Å². The second-order valence-corrected chi connectivity index (χ2v) is 9.69. The maximum atomic E-state index is 14.2. The number of H-pyrrole nitrogens is 1. The van der Waals surface area contributed by atoms with E-state index in [9.17, 15) is 32.9 Å². The van der Waals surface area contributed by atoms with E-state index in [2.05, 4.69) is 23.1 Å². The highest BCUT2D eigenvalue weighted by atomic mass is 31.3. The van der Waals surface area contributed by atoms with Crippen molar-refractivity contribution in [3.8, 4) is 0 Å². The van der Waals surface area contributed by atoms with Gasteiger partial charge in [0.15, 0.2) is 6.17 Å². The summed E-state index contributed by atoms with van der Waals surface area (Å²) in [5.41, 5.74) is -0.686. The van der Waals surface area contributed by atoms with Crippen molar-refractivity contribution in [3.63, 3.8) is 0 Å². The molecule has 2 heterocycles. The van der Waals surface area contributed by atoms with Gasteiger partial charge in [-0.1, -0.05) is 0 Å². The standard InChI is InChI=1S/C9H14FN2O13P3/c10-6-7(13)5(23-8(6)4-1-11-9(14)12-2-4)3-22-27(18,19)25-28(20,21)24-26(15,16)17/h1-2,5-8,13H,3H2,(H,18,19)(H,20,21)(H,11,12,14)(H2,15,16,17)/t5-,6+,7?,8+/m1/s1. The Morgan fingerprint density at radius 2 is 1.82 bits per heavy atom. The summed E-state index contributed by atoms with van der Waals surface area (Å²) < 4.78 is 63.9. The van der Waals surface area contributed by atoms with E-state index >= 15 is 0 Å². The highest BCUT2D eigenvalue weighted by Gasteiger charge is 2.47. The number of rotatable bonds is 8. The van der Waals surface area contributed by atoms with Crippen molar-refractivity contribution in [2.24, 2.45) is 0 Å². The molecule has 0 saturated carbocycles. The number of phosphoric ester groups is 1. The molecule has 19 heteroatoms. The van der Waals surface area contributed by atoms with Gasteiger partial charge in [0.05, 0.1) is 6.61 Å². The van der Waals surface area contributed by atoms with Gasteiger partial charge in [-0.25, -0.2) is 27.9 Å². The Balaban J connectivity index is 2.00. The fourth-order valence-corrected chi connectivity index (χ4v) is 5.14. The molecular formula is C9H14FN2O13P3. The van der Waals surface area contributed by atoms with Gasteiger partial charge in [-0.3, -0.25) is 4.52 Å². The first-order valence-corrected chi connectivity index (χ1v) is 11.5. The average Bonchev–Trinajstić information content (AvgIpc) is 2.78. The molecule has 0 amide bonds. The van der Waals surface area contributed by atoms with E-state index in [-0.39, 0.29) is 5.56 Å². The van der Waals surface area contributed by atoms with E-state index in [0.717, 1.165) is 12.4 Å². The summed E-state index contributed by atoms with van der Waals surface area (Å²) in [6.45, 7) is -1.03. The molecule has 1 saturated heterocycles. The molecule has 1 fully saturated rings. The van der Waals surface area contributed by atoms with Crippen LogP contribution in [0, 0.1) is 0 Å². The number of hydrogen-bond donors (Lipinski definition) is 6. The zero-order chi connectivity index (χ0) is 21.3. The summed E-state index contributed by atoms with van der Waals surface area (Å²) in [6, 6.07) is 0. The summed E-state index contributed by atoms with van der Waals surface area (Å²) in [6.07, 6.45) is -4.85. The van der Waals surface area contributed by atoms with Gasteiger partial charge in [0, 0.05) is 18.0 Å². The molecular weight excluding hydrogens is 456 g/mol. The van der Waals surface area contributed by atoms with Crippen LogP contribution in [0.2, 0.25) is 0 Å². The summed E-state index contributed by atoms with van der Waals surface area (Å²) in [5, 5.41) is 9.81. The highest BCUT2D eigenvalue weighted by molar-refractivity contribution is 7.66. The minimum atomic E-state index is -5.71. The molecule has 1 aliphatic heterocycles. The summed E-state index contributed by atoms with van der Waals surface area (Å²) in [5.74, 6) is 0. The lowest BCUT2D eigenvalue weighted by molar-refractivity contribution is -0.0222. The number of ether oxygens (including phenoxy) is 1. The first kappa shape index (κ1) is 23.4. The number of halogens is 1. The first-order chi connectivity index (χ1) is 12.7. The van der Waals surface area contributed by atoms with Crippen LogP contribution in [0.1, 0.15) is 11.7 Å². The third-order valence-corrected chi connectivity index (χ3v) is 6.96. The molecule has 0 aromatic carbocycles. The lowest BCUT2D eigenvalue weighted by Gasteiger charge is -2.19. The number of alkyl halides is 1. The van der Waals surface area contributed by atoms with E-state index in [1.807, 2.05) is 0 Å². The normalized spacial score (nSPS) is 29.9. The fraction of sp³-hybridized carbons (Fsp3) is 0.556. The third kappa shape index (κ3) is 6.59. The fourth-order valence-electron chi connectivity index (χ4n) is 2.11. The number of aromatic nitrogens is 2. The molecule has 2 rings (SSSR count). The van der Waals surface area contributed by atoms with Crippen molar-refractivity contribution in [1.82, 2.24) is 9.97 Å². The van der Waals surface area contributed by atoms with E-state index in [0.29, 0.717) is 0 Å². The maximum Gasteiger partial charge on any atom is 0.490 e. The molecule has 15 nitrogen and oxygen atoms in total. The molecule has 28 heavy (non-hydrogen) atoms. The smallest absolute Gasteiger partial charge is 0.387 e. The molecule has 3 unspecified atom stereocenters. The van der Waals surface area contributed by atoms with Gasteiger partial charge in [0.1, 0.15) is 18.3 Å². The van der Waals surface area contributed by atoms with Crippen LogP contribution in [0.3, 0.4) is 0 Å². The van der Waals surface area contributed by atoms with E-state index in [4.69, 9.17) is 19.4 Å². The molecule has 1 aliphatic rings. The zero-order valence-electron chi connectivity index (χ0n) is 13.3. The second kappa shape index (κ2) is 8.48. The van der Waals surface area contributed by atoms with Crippen LogP contribution in [0.5, 0.6) is 0 Å². The highest BCUT2D eigenvalue weighted by Crippen LogP contribution is 2.66. The number of nitrogens with one attached hydrogen (secondary N) is 1. The van der Waals surface area contributed by atoms with Crippen LogP contribution in [0.4, 0.5) is 4.39 Å². The van der Waals surface area contributed by atoms with Gasteiger partial charge in [-0.2, -0.15) is 8.62 Å². The predicted molar refractivity (Wildman–Crippen MR) is 83.2 cm³/mol. The molecule has 1 aromatic heterocycles. The largest absolute Gasteiger partial charge is 0.490 e. The zero-order valence-corrected chi connectivity index (χ0v) is 16.0. The second-order valence-electron chi connectivity index (χ2n) is 5.27. The topological polar surface area (TPSA) is 235 Å². The quantitative estimate of drug-likeness (QED) is 0.257. The van der Waals surface area contributed by atoms with Crippen LogP contribution >= 0.6 is 23.5 Å². The molecule has 0 bridgehead atoms. The van der Waals surface area contributed by atoms with Crippen LogP contribution in [-0.2, 0) is 31.6 Å². The van der Waals surface area contributed by atoms with Gasteiger partial charge < -0.3 is 34.4 Å². The molecule has 160 valence electrons. The van der Waals surface area contributed by atoms with Crippen molar-refractivity contribution in [1.29, 1.82) is 0 Å². The van der Waals surface area contributed by atoms with Crippen molar-refractivity contribution in [2.45, 2.75) is 24.5 Å². The van der Waals surface area contributed by atoms with Crippen LogP contribution in [0.25, 0.3) is 0 Å². The van der Waals surface area contributed by atoms with Gasteiger partial charge in [0.2, 0.25) is 0 Å². The Labute approximate surface area is 154 Å². The van der Waals surface area contributed by atoms with Gasteiger partial charge in [-0.15, -0.1) is 0 Å². The third-order valence-electron chi connectivity index (χ3n) is 3.16. The van der Waals surface area contributed by atoms with Crippen molar-refractivity contribution >= 4 is 23.5 Å². The van der Waals surface area contributed by atoms with Crippen molar-refractivity contribution in [3.05, 3.63) is 28.4 Å². The van der Waals surface area contributed by atoms with Crippen LogP contribution in [-0.4, -0.2) is 59.6 Å². The lowest BCUT2D eigenvalue weighted by Crippen LogP contribution is -2.31. The number of aromatic amines is 1. The Bertz CT molecular complexity index is 883. The minimum absolute atomic E-state index is 0.0342. The lowest BCUT2D eigenvalue weighted by atomic mass is 10.1. The summed E-state index contributed by atoms with van der Waals surface area (Å²) >= 11 is 0. The monoisotopic (exact) mass is 470 g/mol. The molecule has 0 spiro atoms. The number of aliphatic hydroxyl groups excluding tert-OH is 1. The Kier molecular flexibility index (Phi) is 7.09. The number of aliphatic hydroxyl groups is 1. The summed E-state index contributed by atoms with van der Waals surface area (Å²) in [7, 11) is -16.7. The number of nitrogens with zero attached hydrogens (tertiary/aromatic N) is 1. The Morgan fingerprint density at radius 1 is 1.18 bits per heavy atom. The first-order valence-electron chi connectivity index (χ1n) is 7.00. The average molecular weight is 470 g/mol. The van der Waals surface area contributed by atoms with Gasteiger partial charge in [-0.05, 0) is 0 Å². The molecule has 0 aliphatic carbocycles. The predicted octanol–water partition coefficient (Wildman–Crippen LogP) is -0.748. The minimum Gasteiger partial charge on any atom is -0.387 e. The SMILES string of the molecule is O=c1ncc([C@@H]2O[C@H](COP(=O)(O)OP(=O)(O)OP(=O)(O)O)C(O)[C@@H]2F)c[nH]1. The number of phosphoric acid groups is 3. The van der Waals surface area contributed by atoms with Gasteiger partial charge in [0.25, 0.3) is 0 Å². The van der Waals surface area contributed by atoms with E-state index in [1.54, 1.807) is 0 Å². The molecule has 6 atom stereocenters. The molecule has 6 N–H and O–H groups in total. The van der Waals surface area contributed by atoms with Crippen LogP contribution in [0.15, 0.2) is 17.2 Å². The van der Waals surface area contributed by atoms with Crippen LogP contribution < -0.4 is 5.69 Å². The molecule has 0 radical (unpaired) electrons. The maximum absolute atomic E-state index is 14.2. The van der Waals surface area contributed by atoms with Crippen molar-refractivity contribution in [2.75, 3.05) is 6.61 Å². The Hall–Kier alpha value is -0.860. The Morgan fingerprint density at radius 3 is 2.36 bits per heavy atom. The summed E-state index contributed by atoms with van der Waals surface area (Å²) in [4.78, 5) is 51.6. The molecule has 1 aromatic rings. The van der Waals surface area contributed by atoms with E-state index in [1.165, 1.54) is 0 Å².